The zero-order valence-corrected chi connectivity index (χ0v) is 10.4. The minimum atomic E-state index is 0.236. The quantitative estimate of drug-likeness (QED) is 0.680. The molecular weight excluding hydrogens is 266 g/mol. The average Bonchev–Trinajstić information content (AvgIpc) is 2.46. The molecule has 0 bridgehead atoms. The first-order valence-electron chi connectivity index (χ1n) is 5.49. The zero-order chi connectivity index (χ0) is 13.1. The highest BCUT2D eigenvalue weighted by Gasteiger charge is 2.05. The third-order valence-corrected chi connectivity index (χ3v) is 2.64. The van der Waals surface area contributed by atoms with Gasteiger partial charge in [-0.25, -0.2) is 24.9 Å². The van der Waals surface area contributed by atoms with E-state index in [2.05, 4.69) is 24.9 Å². The van der Waals surface area contributed by atoms with E-state index >= 15 is 0 Å². The maximum atomic E-state index is 5.91. The SMILES string of the molecule is Clc1nccc2nc(OCc3ncccn3)cnc12. The summed E-state index contributed by atoms with van der Waals surface area (Å²) in [5.41, 5.74) is 1.18. The van der Waals surface area contributed by atoms with E-state index in [0.717, 1.165) is 0 Å². The Labute approximate surface area is 113 Å². The Morgan fingerprint density at radius 1 is 1.05 bits per heavy atom. The second-order valence-electron chi connectivity index (χ2n) is 3.63. The number of ether oxygens (including phenoxy) is 1. The van der Waals surface area contributed by atoms with Gasteiger partial charge in [0.1, 0.15) is 12.1 Å². The van der Waals surface area contributed by atoms with Gasteiger partial charge in [0.25, 0.3) is 0 Å². The lowest BCUT2D eigenvalue weighted by atomic mass is 10.4. The van der Waals surface area contributed by atoms with Crippen LogP contribution in [0.5, 0.6) is 5.88 Å². The van der Waals surface area contributed by atoms with Crippen molar-refractivity contribution in [2.75, 3.05) is 0 Å². The van der Waals surface area contributed by atoms with Crippen molar-refractivity contribution < 1.29 is 4.74 Å². The summed E-state index contributed by atoms with van der Waals surface area (Å²) in [5.74, 6) is 0.972. The van der Waals surface area contributed by atoms with Crippen LogP contribution in [0.25, 0.3) is 11.0 Å². The van der Waals surface area contributed by atoms with Crippen LogP contribution in [0.3, 0.4) is 0 Å². The fraction of sp³-hybridized carbons (Fsp3) is 0.0833. The maximum Gasteiger partial charge on any atom is 0.233 e. The van der Waals surface area contributed by atoms with E-state index in [4.69, 9.17) is 16.3 Å². The molecule has 6 nitrogen and oxygen atoms in total. The Kier molecular flexibility index (Phi) is 3.16. The summed E-state index contributed by atoms with van der Waals surface area (Å²) in [7, 11) is 0. The number of halogens is 1. The molecule has 19 heavy (non-hydrogen) atoms. The van der Waals surface area contributed by atoms with Crippen molar-refractivity contribution >= 4 is 22.6 Å². The van der Waals surface area contributed by atoms with Crippen LogP contribution in [0.4, 0.5) is 0 Å². The van der Waals surface area contributed by atoms with Crippen LogP contribution in [0, 0.1) is 0 Å². The highest BCUT2D eigenvalue weighted by molar-refractivity contribution is 6.33. The van der Waals surface area contributed by atoms with Crippen LogP contribution in [0.15, 0.2) is 36.9 Å². The molecule has 0 saturated heterocycles. The molecule has 0 atom stereocenters. The van der Waals surface area contributed by atoms with Gasteiger partial charge in [-0.15, -0.1) is 0 Å². The van der Waals surface area contributed by atoms with Gasteiger partial charge in [-0.3, -0.25) is 0 Å². The first-order chi connectivity index (χ1) is 9.33. The average molecular weight is 274 g/mol. The van der Waals surface area contributed by atoms with Gasteiger partial charge < -0.3 is 4.74 Å². The number of fused-ring (bicyclic) bond motifs is 1. The van der Waals surface area contributed by atoms with E-state index in [1.807, 2.05) is 0 Å². The molecule has 0 unspecified atom stereocenters. The molecule has 0 N–H and O–H groups in total. The van der Waals surface area contributed by atoms with Crippen molar-refractivity contribution in [1.82, 2.24) is 24.9 Å². The molecule has 0 aliphatic carbocycles. The Morgan fingerprint density at radius 3 is 2.74 bits per heavy atom. The van der Waals surface area contributed by atoms with Crippen molar-refractivity contribution in [3.8, 4) is 5.88 Å². The molecular formula is C12H8ClN5O. The molecule has 3 aromatic rings. The minimum absolute atomic E-state index is 0.236. The fourth-order valence-electron chi connectivity index (χ4n) is 1.51. The molecule has 94 valence electrons. The van der Waals surface area contributed by atoms with E-state index in [0.29, 0.717) is 27.9 Å². The third-order valence-electron chi connectivity index (χ3n) is 2.36. The van der Waals surface area contributed by atoms with Crippen molar-refractivity contribution in [2.45, 2.75) is 6.61 Å². The van der Waals surface area contributed by atoms with Gasteiger partial charge in [0.2, 0.25) is 5.88 Å². The van der Waals surface area contributed by atoms with E-state index in [9.17, 15) is 0 Å². The minimum Gasteiger partial charge on any atom is -0.468 e. The summed E-state index contributed by atoms with van der Waals surface area (Å²) in [6, 6.07) is 3.47. The smallest absolute Gasteiger partial charge is 0.233 e. The molecule has 3 aromatic heterocycles. The lowest BCUT2D eigenvalue weighted by Gasteiger charge is -2.04. The van der Waals surface area contributed by atoms with Crippen molar-refractivity contribution in [2.24, 2.45) is 0 Å². The number of aromatic nitrogens is 5. The molecule has 0 aliphatic heterocycles. The molecule has 7 heteroatoms. The number of nitrogens with zero attached hydrogens (tertiary/aromatic N) is 5. The predicted molar refractivity (Wildman–Crippen MR) is 68.7 cm³/mol. The van der Waals surface area contributed by atoms with Crippen LogP contribution in [-0.2, 0) is 6.61 Å². The first-order valence-corrected chi connectivity index (χ1v) is 5.87. The Balaban J connectivity index is 1.82. The van der Waals surface area contributed by atoms with Gasteiger partial charge >= 0.3 is 0 Å². The van der Waals surface area contributed by atoms with Gasteiger partial charge in [-0.05, 0) is 12.1 Å². The van der Waals surface area contributed by atoms with Crippen LogP contribution < -0.4 is 4.74 Å². The van der Waals surface area contributed by atoms with Gasteiger partial charge in [-0.2, -0.15) is 0 Å². The Hall–Kier alpha value is -2.34. The summed E-state index contributed by atoms with van der Waals surface area (Å²) in [6.45, 7) is 0.236. The number of hydrogen-bond acceptors (Lipinski definition) is 6. The molecule has 0 amide bonds. The van der Waals surface area contributed by atoms with Crippen LogP contribution in [0.2, 0.25) is 5.15 Å². The fourth-order valence-corrected chi connectivity index (χ4v) is 1.71. The standard InChI is InChI=1S/C12H8ClN5O/c13-12-11-8(2-5-16-12)18-10(6-17-11)19-7-9-14-3-1-4-15-9/h1-6H,7H2. The third kappa shape index (κ3) is 2.58. The summed E-state index contributed by atoms with van der Waals surface area (Å²) in [5, 5.41) is 0.322. The topological polar surface area (TPSA) is 73.7 Å². The van der Waals surface area contributed by atoms with Crippen molar-refractivity contribution in [3.63, 3.8) is 0 Å². The second kappa shape index (κ2) is 5.11. The second-order valence-corrected chi connectivity index (χ2v) is 3.99. The molecule has 0 fully saturated rings. The van der Waals surface area contributed by atoms with Crippen LogP contribution in [0.1, 0.15) is 5.82 Å². The zero-order valence-electron chi connectivity index (χ0n) is 9.69. The van der Waals surface area contributed by atoms with Gasteiger partial charge in [0.05, 0.1) is 11.7 Å². The lowest BCUT2D eigenvalue weighted by Crippen LogP contribution is -2.02. The number of pyridine rings is 1. The maximum absolute atomic E-state index is 5.91. The van der Waals surface area contributed by atoms with E-state index in [1.54, 1.807) is 30.7 Å². The highest BCUT2D eigenvalue weighted by Crippen LogP contribution is 2.19. The summed E-state index contributed by atoms with van der Waals surface area (Å²) < 4.78 is 5.48. The van der Waals surface area contributed by atoms with Gasteiger partial charge in [0.15, 0.2) is 11.0 Å². The summed E-state index contributed by atoms with van der Waals surface area (Å²) >= 11 is 5.91. The normalized spacial score (nSPS) is 10.6. The molecule has 0 aromatic carbocycles. The Morgan fingerprint density at radius 2 is 1.89 bits per heavy atom. The molecule has 0 aliphatic rings. The Bertz CT molecular complexity index is 707. The highest BCUT2D eigenvalue weighted by atomic mass is 35.5. The summed E-state index contributed by atoms with van der Waals surface area (Å²) in [6.07, 6.45) is 6.38. The number of hydrogen-bond donors (Lipinski definition) is 0. The van der Waals surface area contributed by atoms with Gasteiger partial charge in [-0.1, -0.05) is 11.6 Å². The van der Waals surface area contributed by atoms with E-state index in [-0.39, 0.29) is 6.61 Å². The molecule has 0 saturated carbocycles. The molecule has 3 heterocycles. The number of rotatable bonds is 3. The predicted octanol–water partition coefficient (Wildman–Crippen LogP) is 2.05. The van der Waals surface area contributed by atoms with Crippen molar-refractivity contribution in [3.05, 3.63) is 47.9 Å². The van der Waals surface area contributed by atoms with Crippen LogP contribution >= 0.6 is 11.6 Å². The van der Waals surface area contributed by atoms with Gasteiger partial charge in [0, 0.05) is 18.6 Å². The largest absolute Gasteiger partial charge is 0.468 e. The van der Waals surface area contributed by atoms with E-state index < -0.39 is 0 Å². The lowest BCUT2D eigenvalue weighted by molar-refractivity contribution is 0.284. The van der Waals surface area contributed by atoms with Crippen LogP contribution in [-0.4, -0.2) is 24.9 Å². The monoisotopic (exact) mass is 273 g/mol. The van der Waals surface area contributed by atoms with E-state index in [1.165, 1.54) is 6.20 Å². The molecule has 0 radical (unpaired) electrons. The molecule has 3 rings (SSSR count). The summed E-state index contributed by atoms with van der Waals surface area (Å²) in [4.78, 5) is 20.5. The van der Waals surface area contributed by atoms with Crippen molar-refractivity contribution in [1.29, 1.82) is 0 Å². The molecule has 0 spiro atoms. The first kappa shape index (κ1) is 11.7.